The summed E-state index contributed by atoms with van der Waals surface area (Å²) in [5.74, 6) is -4.56. The van der Waals surface area contributed by atoms with Gasteiger partial charge in [0.1, 0.15) is 0 Å². The molecular formula is C13H13F2NO3. The molecule has 6 heteroatoms. The van der Waals surface area contributed by atoms with Crippen LogP contribution < -0.4 is 0 Å². The summed E-state index contributed by atoms with van der Waals surface area (Å²) in [6, 6.07) is 3.39. The first-order valence-electron chi connectivity index (χ1n) is 5.97. The third-order valence-corrected chi connectivity index (χ3v) is 3.24. The maximum Gasteiger partial charge on any atom is 0.308 e. The zero-order valence-electron chi connectivity index (χ0n) is 10.1. The Bertz CT molecular complexity index is 519. The molecule has 0 spiro atoms. The molecule has 1 aromatic rings. The van der Waals surface area contributed by atoms with E-state index in [2.05, 4.69) is 0 Å². The van der Waals surface area contributed by atoms with Gasteiger partial charge in [0.15, 0.2) is 11.6 Å². The second-order valence-corrected chi connectivity index (χ2v) is 4.53. The van der Waals surface area contributed by atoms with Gasteiger partial charge >= 0.3 is 5.97 Å². The Morgan fingerprint density at radius 3 is 2.74 bits per heavy atom. The number of hydrogen-bond donors (Lipinski definition) is 1. The molecule has 0 saturated carbocycles. The molecule has 1 amide bonds. The standard InChI is InChI=1S/C13H13F2NO3/c14-10-5-1-4-9(11(10)15)12(17)16-6-2-3-8(7-16)13(18)19/h1,4-5,8H,2-3,6-7H2,(H,18,19)/t8-/m0/s1. The Kier molecular flexibility index (Phi) is 3.78. The molecule has 1 heterocycles. The summed E-state index contributed by atoms with van der Waals surface area (Å²) in [5, 5.41) is 8.94. The summed E-state index contributed by atoms with van der Waals surface area (Å²) in [7, 11) is 0. The van der Waals surface area contributed by atoms with Crippen LogP contribution >= 0.6 is 0 Å². The summed E-state index contributed by atoms with van der Waals surface area (Å²) in [4.78, 5) is 24.2. The fourth-order valence-electron chi connectivity index (χ4n) is 2.20. The van der Waals surface area contributed by atoms with Crippen molar-refractivity contribution >= 4 is 11.9 Å². The van der Waals surface area contributed by atoms with Gasteiger partial charge in [0.2, 0.25) is 0 Å². The van der Waals surface area contributed by atoms with Gasteiger partial charge in [-0.25, -0.2) is 8.78 Å². The van der Waals surface area contributed by atoms with E-state index in [1.54, 1.807) is 0 Å². The van der Waals surface area contributed by atoms with Crippen molar-refractivity contribution in [3.8, 4) is 0 Å². The number of halogens is 2. The molecule has 0 aliphatic carbocycles. The molecule has 4 nitrogen and oxygen atoms in total. The highest BCUT2D eigenvalue weighted by Crippen LogP contribution is 2.20. The number of amides is 1. The number of piperidine rings is 1. The number of benzene rings is 1. The van der Waals surface area contributed by atoms with Crippen molar-refractivity contribution in [3.05, 3.63) is 35.4 Å². The first kappa shape index (κ1) is 13.5. The fourth-order valence-corrected chi connectivity index (χ4v) is 2.20. The van der Waals surface area contributed by atoms with Gasteiger partial charge in [0.05, 0.1) is 11.5 Å². The van der Waals surface area contributed by atoms with E-state index in [1.807, 2.05) is 0 Å². The van der Waals surface area contributed by atoms with Crippen molar-refractivity contribution in [2.45, 2.75) is 12.8 Å². The Morgan fingerprint density at radius 1 is 1.32 bits per heavy atom. The monoisotopic (exact) mass is 269 g/mol. The van der Waals surface area contributed by atoms with Crippen LogP contribution in [0.25, 0.3) is 0 Å². The number of nitrogens with zero attached hydrogens (tertiary/aromatic N) is 1. The van der Waals surface area contributed by atoms with Crippen molar-refractivity contribution in [1.82, 2.24) is 4.90 Å². The molecular weight excluding hydrogens is 256 g/mol. The first-order valence-corrected chi connectivity index (χ1v) is 5.97. The normalized spacial score (nSPS) is 19.3. The van der Waals surface area contributed by atoms with E-state index in [0.29, 0.717) is 19.4 Å². The van der Waals surface area contributed by atoms with E-state index >= 15 is 0 Å². The van der Waals surface area contributed by atoms with Crippen LogP contribution in [0.5, 0.6) is 0 Å². The Labute approximate surface area is 108 Å². The van der Waals surface area contributed by atoms with E-state index in [4.69, 9.17) is 5.11 Å². The van der Waals surface area contributed by atoms with Crippen LogP contribution in [0.15, 0.2) is 18.2 Å². The van der Waals surface area contributed by atoms with Crippen LogP contribution in [0.2, 0.25) is 0 Å². The highest BCUT2D eigenvalue weighted by molar-refractivity contribution is 5.94. The van der Waals surface area contributed by atoms with Gasteiger partial charge in [-0.3, -0.25) is 9.59 Å². The Balaban J connectivity index is 2.19. The van der Waals surface area contributed by atoms with E-state index in [0.717, 1.165) is 6.07 Å². The second kappa shape index (κ2) is 5.34. The highest BCUT2D eigenvalue weighted by atomic mass is 19.2. The van der Waals surface area contributed by atoms with Crippen molar-refractivity contribution in [2.24, 2.45) is 5.92 Å². The summed E-state index contributed by atoms with van der Waals surface area (Å²) in [5.41, 5.74) is -0.356. The van der Waals surface area contributed by atoms with Gasteiger partial charge in [-0.05, 0) is 25.0 Å². The molecule has 2 rings (SSSR count). The van der Waals surface area contributed by atoms with Crippen molar-refractivity contribution in [1.29, 1.82) is 0 Å². The first-order chi connectivity index (χ1) is 9.00. The van der Waals surface area contributed by atoms with Gasteiger partial charge in [-0.2, -0.15) is 0 Å². The van der Waals surface area contributed by atoms with Crippen LogP contribution in [-0.4, -0.2) is 35.0 Å². The molecule has 1 fully saturated rings. The third kappa shape index (κ3) is 2.72. The van der Waals surface area contributed by atoms with Gasteiger partial charge in [0.25, 0.3) is 5.91 Å². The number of carboxylic acid groups (broad SMARTS) is 1. The molecule has 0 bridgehead atoms. The van der Waals surface area contributed by atoms with Crippen LogP contribution in [0.1, 0.15) is 23.2 Å². The van der Waals surface area contributed by atoms with E-state index < -0.39 is 29.4 Å². The molecule has 1 atom stereocenters. The lowest BCUT2D eigenvalue weighted by molar-refractivity contribution is -0.143. The minimum Gasteiger partial charge on any atom is -0.481 e. The summed E-state index contributed by atoms with van der Waals surface area (Å²) in [6.45, 7) is 0.392. The smallest absolute Gasteiger partial charge is 0.308 e. The van der Waals surface area contributed by atoms with Gasteiger partial charge in [-0.15, -0.1) is 0 Å². The fraction of sp³-hybridized carbons (Fsp3) is 0.385. The molecule has 1 N–H and O–H groups in total. The van der Waals surface area contributed by atoms with Crippen LogP contribution in [0.4, 0.5) is 8.78 Å². The predicted molar refractivity (Wildman–Crippen MR) is 62.6 cm³/mol. The van der Waals surface area contributed by atoms with Crippen LogP contribution in [0.3, 0.4) is 0 Å². The predicted octanol–water partition coefficient (Wildman–Crippen LogP) is 1.90. The van der Waals surface area contributed by atoms with E-state index in [9.17, 15) is 18.4 Å². The molecule has 1 saturated heterocycles. The highest BCUT2D eigenvalue weighted by Gasteiger charge is 2.30. The SMILES string of the molecule is O=C(O)[C@H]1CCCN(C(=O)c2cccc(F)c2F)C1. The number of carboxylic acids is 1. The quantitative estimate of drug-likeness (QED) is 0.892. The maximum absolute atomic E-state index is 13.5. The maximum atomic E-state index is 13.5. The molecule has 0 unspecified atom stereocenters. The molecule has 19 heavy (non-hydrogen) atoms. The molecule has 1 aliphatic rings. The van der Waals surface area contributed by atoms with Crippen LogP contribution in [-0.2, 0) is 4.79 Å². The zero-order valence-corrected chi connectivity index (χ0v) is 10.1. The van der Waals surface area contributed by atoms with Gasteiger partial charge in [0, 0.05) is 13.1 Å². The van der Waals surface area contributed by atoms with Crippen molar-refractivity contribution in [3.63, 3.8) is 0 Å². The number of aliphatic carboxylic acids is 1. The van der Waals surface area contributed by atoms with Gasteiger partial charge in [-0.1, -0.05) is 6.07 Å². The minimum absolute atomic E-state index is 0.0319. The largest absolute Gasteiger partial charge is 0.481 e. The second-order valence-electron chi connectivity index (χ2n) is 4.53. The number of carbonyl (C=O) groups is 2. The molecule has 0 aromatic heterocycles. The molecule has 0 radical (unpaired) electrons. The average Bonchev–Trinajstić information content (AvgIpc) is 2.41. The summed E-state index contributed by atoms with van der Waals surface area (Å²) in [6.07, 6.45) is 1.03. The molecule has 1 aromatic carbocycles. The lowest BCUT2D eigenvalue weighted by Gasteiger charge is -2.30. The third-order valence-electron chi connectivity index (χ3n) is 3.24. The van der Waals surface area contributed by atoms with E-state index in [1.165, 1.54) is 17.0 Å². The number of likely N-dealkylation sites (tertiary alicyclic amines) is 1. The van der Waals surface area contributed by atoms with Gasteiger partial charge < -0.3 is 10.0 Å². The number of carbonyl (C=O) groups excluding carboxylic acids is 1. The minimum atomic E-state index is -1.19. The lowest BCUT2D eigenvalue weighted by Crippen LogP contribution is -2.42. The molecule has 102 valence electrons. The lowest BCUT2D eigenvalue weighted by atomic mass is 9.97. The van der Waals surface area contributed by atoms with Crippen molar-refractivity contribution in [2.75, 3.05) is 13.1 Å². The number of hydrogen-bond acceptors (Lipinski definition) is 2. The topological polar surface area (TPSA) is 57.6 Å². The Morgan fingerprint density at radius 2 is 2.05 bits per heavy atom. The van der Waals surface area contributed by atoms with Crippen LogP contribution in [0, 0.1) is 17.6 Å². The van der Waals surface area contributed by atoms with Crippen molar-refractivity contribution < 1.29 is 23.5 Å². The number of rotatable bonds is 2. The Hall–Kier alpha value is -1.98. The average molecular weight is 269 g/mol. The summed E-state index contributed by atoms with van der Waals surface area (Å²) < 4.78 is 26.6. The molecule has 1 aliphatic heterocycles. The zero-order chi connectivity index (χ0) is 14.0. The summed E-state index contributed by atoms with van der Waals surface area (Å²) >= 11 is 0. The van der Waals surface area contributed by atoms with E-state index in [-0.39, 0.29) is 12.1 Å².